The van der Waals surface area contributed by atoms with E-state index in [4.69, 9.17) is 15.1 Å². The summed E-state index contributed by atoms with van der Waals surface area (Å²) in [7, 11) is 3.97. The average Bonchev–Trinajstić information content (AvgIpc) is 3.61. The maximum atomic E-state index is 13.4. The maximum Gasteiger partial charge on any atom is 0.274 e. The molecule has 0 radical (unpaired) electrons. The molecule has 4 heterocycles. The molecular formula is C32H40N8O3. The van der Waals surface area contributed by atoms with E-state index in [1.165, 1.54) is 10.7 Å². The molecule has 2 fully saturated rings. The van der Waals surface area contributed by atoms with E-state index in [1.807, 2.05) is 12.1 Å². The lowest BCUT2D eigenvalue weighted by Crippen LogP contribution is -2.56. The Bertz CT molecular complexity index is 1670. The third-order valence-electron chi connectivity index (χ3n) is 9.16. The van der Waals surface area contributed by atoms with Crippen molar-refractivity contribution in [3.05, 3.63) is 59.5 Å². The lowest BCUT2D eigenvalue weighted by atomic mass is 9.89. The number of hydrogen-bond donors (Lipinski definition) is 2. The van der Waals surface area contributed by atoms with Crippen molar-refractivity contribution in [2.75, 3.05) is 45.7 Å². The summed E-state index contributed by atoms with van der Waals surface area (Å²) in [5, 5.41) is 33.3. The number of rotatable bonds is 7. The molecule has 0 spiro atoms. The maximum absolute atomic E-state index is 13.4. The molecule has 2 aliphatic rings. The largest absolute Gasteiger partial charge is 0.386 e. The summed E-state index contributed by atoms with van der Waals surface area (Å²) in [6, 6.07) is 12.3. The first-order valence-corrected chi connectivity index (χ1v) is 15.0. The SMILES string of the molecule is COC[C@@H]1CN(C2CCC(n3cc4cc(NC(=O)c5ccc6cc(C#N)cnn56)c(C(C)(C)O)cc4n3)CC2)CCN1C. The Hall–Kier alpha value is -3.82. The van der Waals surface area contributed by atoms with Gasteiger partial charge in [0.25, 0.3) is 5.91 Å². The van der Waals surface area contributed by atoms with Gasteiger partial charge in [-0.2, -0.15) is 15.5 Å². The third-order valence-corrected chi connectivity index (χ3v) is 9.16. The number of methoxy groups -OCH3 is 1. The molecule has 0 bridgehead atoms. The number of nitriles is 1. The highest BCUT2D eigenvalue weighted by atomic mass is 16.5. The summed E-state index contributed by atoms with van der Waals surface area (Å²) in [5.74, 6) is -0.357. The highest BCUT2D eigenvalue weighted by Crippen LogP contribution is 2.36. The van der Waals surface area contributed by atoms with Crippen molar-refractivity contribution in [1.82, 2.24) is 29.2 Å². The van der Waals surface area contributed by atoms with E-state index in [0.717, 1.165) is 62.8 Å². The molecule has 1 aliphatic carbocycles. The fourth-order valence-corrected chi connectivity index (χ4v) is 6.67. The standard InChI is InChI=1S/C32H40N8O3/c1-32(2,42)27-15-28-22(14-29(27)35-31(41)30-10-9-25-13-21(16-33)17-34-40(25)30)18-39(36-28)24-7-5-23(6-8-24)38-12-11-37(3)26(19-38)20-43-4/h9-10,13-15,17-18,23-24,26,42H,5-8,11-12,19-20H2,1-4H3,(H,35,41)/t23?,24?,26-/m0/s1. The Kier molecular flexibility index (Phi) is 7.96. The first kappa shape index (κ1) is 29.3. The normalized spacial score (nSPS) is 22.2. The second-order valence-electron chi connectivity index (χ2n) is 12.5. The van der Waals surface area contributed by atoms with Crippen LogP contribution in [-0.2, 0) is 10.3 Å². The molecular weight excluding hydrogens is 544 g/mol. The van der Waals surface area contributed by atoms with Gasteiger partial charge < -0.3 is 15.2 Å². The number of aromatic nitrogens is 4. The van der Waals surface area contributed by atoms with Gasteiger partial charge in [0, 0.05) is 61.7 Å². The van der Waals surface area contributed by atoms with Gasteiger partial charge in [-0.1, -0.05) is 0 Å². The molecule has 1 amide bonds. The minimum Gasteiger partial charge on any atom is -0.386 e. The average molecular weight is 585 g/mol. The molecule has 3 aromatic heterocycles. The first-order valence-electron chi connectivity index (χ1n) is 15.0. The van der Waals surface area contributed by atoms with Crippen molar-refractivity contribution in [1.29, 1.82) is 5.26 Å². The van der Waals surface area contributed by atoms with Crippen LogP contribution in [0.5, 0.6) is 0 Å². The second-order valence-corrected chi connectivity index (χ2v) is 12.5. The summed E-state index contributed by atoms with van der Waals surface area (Å²) >= 11 is 0. The zero-order valence-corrected chi connectivity index (χ0v) is 25.3. The zero-order valence-electron chi connectivity index (χ0n) is 25.3. The lowest BCUT2D eigenvalue weighted by molar-refractivity contribution is 0.0115. The van der Waals surface area contributed by atoms with Crippen LogP contribution < -0.4 is 5.32 Å². The number of ether oxygens (including phenoxy) is 1. The number of benzene rings is 1. The molecule has 43 heavy (non-hydrogen) atoms. The second kappa shape index (κ2) is 11.7. The number of anilines is 1. The quantitative estimate of drug-likeness (QED) is 0.336. The zero-order chi connectivity index (χ0) is 30.3. The van der Waals surface area contributed by atoms with Crippen molar-refractivity contribution >= 4 is 28.0 Å². The number of hydrogen-bond acceptors (Lipinski definition) is 8. The molecule has 6 rings (SSSR count). The molecule has 4 aromatic rings. The number of nitrogens with one attached hydrogen (secondary N) is 1. The van der Waals surface area contributed by atoms with E-state index in [-0.39, 0.29) is 5.91 Å². The summed E-state index contributed by atoms with van der Waals surface area (Å²) in [5.41, 5.74) is 2.11. The van der Waals surface area contributed by atoms with Crippen molar-refractivity contribution in [3.63, 3.8) is 0 Å². The molecule has 1 aliphatic heterocycles. The van der Waals surface area contributed by atoms with Crippen LogP contribution in [0.3, 0.4) is 0 Å². The number of fused-ring (bicyclic) bond motifs is 2. The smallest absolute Gasteiger partial charge is 0.274 e. The van der Waals surface area contributed by atoms with Crippen LogP contribution in [0.4, 0.5) is 5.69 Å². The summed E-state index contributed by atoms with van der Waals surface area (Å²) in [6.45, 7) is 7.39. The van der Waals surface area contributed by atoms with Crippen LogP contribution in [0.1, 0.15) is 67.2 Å². The van der Waals surface area contributed by atoms with Gasteiger partial charge in [-0.3, -0.25) is 19.3 Å². The van der Waals surface area contributed by atoms with Gasteiger partial charge in [-0.05, 0) is 76.9 Å². The van der Waals surface area contributed by atoms with E-state index in [1.54, 1.807) is 39.2 Å². The van der Waals surface area contributed by atoms with Crippen LogP contribution in [0.15, 0.2) is 42.7 Å². The fraction of sp³-hybridized carbons (Fsp3) is 0.500. The van der Waals surface area contributed by atoms with Crippen LogP contribution in [0, 0.1) is 11.3 Å². The Morgan fingerprint density at radius 1 is 1.16 bits per heavy atom. The van der Waals surface area contributed by atoms with Gasteiger partial charge in [0.05, 0.1) is 41.0 Å². The van der Waals surface area contributed by atoms with Crippen molar-refractivity contribution in [3.8, 4) is 6.07 Å². The van der Waals surface area contributed by atoms with Gasteiger partial charge in [0.2, 0.25) is 0 Å². The fourth-order valence-electron chi connectivity index (χ4n) is 6.67. The van der Waals surface area contributed by atoms with E-state index in [9.17, 15) is 9.90 Å². The van der Waals surface area contributed by atoms with Gasteiger partial charge in [0.15, 0.2) is 0 Å². The van der Waals surface area contributed by atoms with Gasteiger partial charge in [0.1, 0.15) is 11.8 Å². The molecule has 1 saturated carbocycles. The van der Waals surface area contributed by atoms with Crippen molar-refractivity contribution in [2.24, 2.45) is 0 Å². The number of piperazine rings is 1. The number of aliphatic hydroxyl groups is 1. The van der Waals surface area contributed by atoms with Crippen LogP contribution in [-0.4, -0.2) is 92.7 Å². The highest BCUT2D eigenvalue weighted by Gasteiger charge is 2.32. The van der Waals surface area contributed by atoms with Gasteiger partial charge in [-0.25, -0.2) is 4.52 Å². The van der Waals surface area contributed by atoms with E-state index < -0.39 is 5.60 Å². The predicted octanol–water partition coefficient (Wildman–Crippen LogP) is 3.78. The molecule has 1 saturated heterocycles. The number of amides is 1. The predicted molar refractivity (Wildman–Crippen MR) is 164 cm³/mol. The topological polar surface area (TPSA) is 124 Å². The lowest BCUT2D eigenvalue weighted by Gasteiger charge is -2.44. The van der Waals surface area contributed by atoms with Crippen molar-refractivity contribution in [2.45, 2.75) is 63.3 Å². The summed E-state index contributed by atoms with van der Waals surface area (Å²) in [6.07, 6.45) is 7.88. The van der Waals surface area contributed by atoms with Crippen LogP contribution in [0.2, 0.25) is 0 Å². The van der Waals surface area contributed by atoms with E-state index in [2.05, 4.69) is 44.2 Å². The molecule has 11 nitrogen and oxygen atoms in total. The molecule has 226 valence electrons. The first-order chi connectivity index (χ1) is 20.6. The molecule has 1 aromatic carbocycles. The summed E-state index contributed by atoms with van der Waals surface area (Å²) < 4.78 is 9.05. The van der Waals surface area contributed by atoms with E-state index >= 15 is 0 Å². The minimum absolute atomic E-state index is 0.311. The Morgan fingerprint density at radius 2 is 1.93 bits per heavy atom. The minimum atomic E-state index is -1.21. The number of carbonyl (C=O) groups excluding carboxylic acids is 1. The van der Waals surface area contributed by atoms with Crippen LogP contribution in [0.25, 0.3) is 16.4 Å². The molecule has 11 heteroatoms. The van der Waals surface area contributed by atoms with E-state index in [0.29, 0.717) is 46.2 Å². The highest BCUT2D eigenvalue weighted by molar-refractivity contribution is 6.05. The van der Waals surface area contributed by atoms with Crippen LogP contribution >= 0.6 is 0 Å². The third kappa shape index (κ3) is 5.88. The Morgan fingerprint density at radius 3 is 2.65 bits per heavy atom. The number of carbonyl (C=O) groups is 1. The monoisotopic (exact) mass is 584 g/mol. The molecule has 2 N–H and O–H groups in total. The molecule has 1 atom stereocenters. The summed E-state index contributed by atoms with van der Waals surface area (Å²) in [4.78, 5) is 18.4. The Balaban J connectivity index is 1.20. The van der Waals surface area contributed by atoms with Gasteiger partial charge >= 0.3 is 0 Å². The number of likely N-dealkylation sites (N-methyl/N-ethyl adjacent to an activating group) is 1. The van der Waals surface area contributed by atoms with Gasteiger partial charge in [-0.15, -0.1) is 0 Å². The molecule has 0 unspecified atom stereocenters. The number of nitrogens with zero attached hydrogens (tertiary/aromatic N) is 7. The Labute approximate surface area is 251 Å². The van der Waals surface area contributed by atoms with Crippen molar-refractivity contribution < 1.29 is 14.6 Å².